The molecule has 0 saturated carbocycles. The molecule has 0 unspecified atom stereocenters. The third-order valence-electron chi connectivity index (χ3n) is 4.40. The van der Waals surface area contributed by atoms with Crippen LogP contribution in [0.1, 0.15) is 31.2 Å². The largest absolute Gasteiger partial charge is 0.282 e. The number of hydrogen-bond donors (Lipinski definition) is 0. The fourth-order valence-electron chi connectivity index (χ4n) is 3.22. The van der Waals surface area contributed by atoms with Crippen LogP contribution >= 0.6 is 11.3 Å². The highest BCUT2D eigenvalue weighted by Gasteiger charge is 2.41. The van der Waals surface area contributed by atoms with E-state index in [4.69, 9.17) is 0 Å². The van der Waals surface area contributed by atoms with Crippen molar-refractivity contribution in [1.29, 1.82) is 0 Å². The molecule has 1 aromatic carbocycles. The highest BCUT2D eigenvalue weighted by atomic mass is 32.1. The van der Waals surface area contributed by atoms with Crippen molar-refractivity contribution < 1.29 is 14.5 Å². The molecule has 7 nitrogen and oxygen atoms in total. The number of nitrogens with zero attached hydrogens (tertiary/aromatic N) is 3. The maximum Gasteiger partial charge on any atom is 0.282 e. The first-order chi connectivity index (χ1) is 11.6. The molecule has 2 amide bonds. The minimum atomic E-state index is -0.619. The van der Waals surface area contributed by atoms with E-state index in [-0.39, 0.29) is 23.5 Å². The third-order valence-corrected chi connectivity index (χ3v) is 5.42. The molecule has 4 rings (SSSR count). The second kappa shape index (κ2) is 5.50. The molecule has 24 heavy (non-hydrogen) atoms. The second-order valence-electron chi connectivity index (χ2n) is 5.81. The molecule has 2 aromatic rings. The molecule has 0 N–H and O–H groups in total. The SMILES string of the molecule is O=C1c2cccc([N+](=O)[O-])c2C(=O)N1CN1CCc2sccc2C1. The number of imide groups is 1. The summed E-state index contributed by atoms with van der Waals surface area (Å²) in [5.41, 5.74) is 0.920. The van der Waals surface area contributed by atoms with Crippen molar-refractivity contribution in [3.05, 3.63) is 61.3 Å². The summed E-state index contributed by atoms with van der Waals surface area (Å²) in [5, 5.41) is 13.2. The summed E-state index contributed by atoms with van der Waals surface area (Å²) in [6, 6.07) is 6.21. The Morgan fingerprint density at radius 3 is 2.83 bits per heavy atom. The number of nitro benzene ring substituents is 1. The number of nitro groups is 1. The van der Waals surface area contributed by atoms with E-state index in [2.05, 4.69) is 6.07 Å². The number of benzene rings is 1. The molecule has 8 heteroatoms. The van der Waals surface area contributed by atoms with Crippen LogP contribution in [0.5, 0.6) is 0 Å². The topological polar surface area (TPSA) is 83.8 Å². The van der Waals surface area contributed by atoms with Gasteiger partial charge in [0, 0.05) is 24.0 Å². The molecule has 0 radical (unpaired) electrons. The molecule has 0 saturated heterocycles. The van der Waals surface area contributed by atoms with Gasteiger partial charge >= 0.3 is 0 Å². The normalized spacial score (nSPS) is 17.1. The van der Waals surface area contributed by atoms with Crippen LogP contribution in [0, 0.1) is 10.1 Å². The van der Waals surface area contributed by atoms with Crippen LogP contribution in [0.25, 0.3) is 0 Å². The number of fused-ring (bicyclic) bond motifs is 2. The summed E-state index contributed by atoms with van der Waals surface area (Å²) in [6.45, 7) is 1.58. The molecular formula is C16H13N3O4S. The van der Waals surface area contributed by atoms with E-state index in [0.717, 1.165) is 17.9 Å². The van der Waals surface area contributed by atoms with Crippen LogP contribution in [-0.2, 0) is 13.0 Å². The van der Waals surface area contributed by atoms with Crippen molar-refractivity contribution >= 4 is 28.8 Å². The van der Waals surface area contributed by atoms with Crippen LogP contribution in [0.3, 0.4) is 0 Å². The van der Waals surface area contributed by atoms with Gasteiger partial charge in [0.1, 0.15) is 5.56 Å². The Bertz CT molecular complexity index is 876. The number of hydrogen-bond acceptors (Lipinski definition) is 6. The van der Waals surface area contributed by atoms with Gasteiger partial charge in [0.15, 0.2) is 0 Å². The minimum Gasteiger partial charge on any atom is -0.281 e. The number of thiophene rings is 1. The quantitative estimate of drug-likeness (QED) is 0.485. The lowest BCUT2D eigenvalue weighted by Crippen LogP contribution is -2.43. The standard InChI is InChI=1S/C16H13N3O4S/c20-15-11-2-1-3-12(19(22)23)14(11)16(21)18(15)9-17-6-4-13-10(8-17)5-7-24-13/h1-3,5,7H,4,6,8-9H2. The van der Waals surface area contributed by atoms with Gasteiger partial charge in [-0.05, 0) is 29.5 Å². The van der Waals surface area contributed by atoms with E-state index in [9.17, 15) is 19.7 Å². The molecule has 3 heterocycles. The average molecular weight is 343 g/mol. The maximum atomic E-state index is 12.6. The molecule has 2 aliphatic rings. The summed E-state index contributed by atoms with van der Waals surface area (Å²) in [5.74, 6) is -1.05. The van der Waals surface area contributed by atoms with Crippen molar-refractivity contribution in [2.75, 3.05) is 13.2 Å². The molecule has 122 valence electrons. The predicted molar refractivity (Wildman–Crippen MR) is 86.9 cm³/mol. The first kappa shape index (κ1) is 15.0. The van der Waals surface area contributed by atoms with Crippen molar-refractivity contribution in [3.63, 3.8) is 0 Å². The van der Waals surface area contributed by atoms with Crippen molar-refractivity contribution in [2.45, 2.75) is 13.0 Å². The Balaban J connectivity index is 1.60. The lowest BCUT2D eigenvalue weighted by Gasteiger charge is -2.29. The summed E-state index contributed by atoms with van der Waals surface area (Å²) in [7, 11) is 0. The minimum absolute atomic E-state index is 0.0965. The summed E-state index contributed by atoms with van der Waals surface area (Å²) in [6.07, 6.45) is 0.885. The molecule has 1 aromatic heterocycles. The molecular weight excluding hydrogens is 330 g/mol. The van der Waals surface area contributed by atoms with Crippen LogP contribution in [0.2, 0.25) is 0 Å². The fourth-order valence-corrected chi connectivity index (χ4v) is 4.11. The summed E-state index contributed by atoms with van der Waals surface area (Å²) >= 11 is 1.72. The number of rotatable bonds is 3. The maximum absolute atomic E-state index is 12.6. The van der Waals surface area contributed by atoms with E-state index in [1.807, 2.05) is 10.3 Å². The van der Waals surface area contributed by atoms with Crippen molar-refractivity contribution in [1.82, 2.24) is 9.80 Å². The first-order valence-electron chi connectivity index (χ1n) is 7.47. The van der Waals surface area contributed by atoms with Gasteiger partial charge in [-0.15, -0.1) is 11.3 Å². The van der Waals surface area contributed by atoms with Gasteiger partial charge in [0.2, 0.25) is 0 Å². The molecule has 0 bridgehead atoms. The lowest BCUT2D eigenvalue weighted by atomic mass is 10.1. The third kappa shape index (κ3) is 2.22. The van der Waals surface area contributed by atoms with E-state index in [1.165, 1.54) is 28.6 Å². The number of carbonyl (C=O) groups is 2. The molecule has 0 fully saturated rings. The molecule has 0 atom stereocenters. The van der Waals surface area contributed by atoms with Gasteiger partial charge < -0.3 is 0 Å². The van der Waals surface area contributed by atoms with Crippen LogP contribution < -0.4 is 0 Å². The van der Waals surface area contributed by atoms with Crippen molar-refractivity contribution in [3.8, 4) is 0 Å². The Hall–Kier alpha value is -2.58. The predicted octanol–water partition coefficient (Wildman–Crippen LogP) is 2.27. The zero-order valence-corrected chi connectivity index (χ0v) is 13.4. The average Bonchev–Trinajstić information content (AvgIpc) is 3.13. The highest BCUT2D eigenvalue weighted by Crippen LogP contribution is 2.31. The Kier molecular flexibility index (Phi) is 3.43. The molecule has 0 aliphatic carbocycles. The summed E-state index contributed by atoms with van der Waals surface area (Å²) in [4.78, 5) is 40.1. The first-order valence-corrected chi connectivity index (χ1v) is 8.35. The lowest BCUT2D eigenvalue weighted by molar-refractivity contribution is -0.385. The van der Waals surface area contributed by atoms with Gasteiger partial charge in [-0.25, -0.2) is 0 Å². The molecule has 2 aliphatic heterocycles. The Morgan fingerprint density at radius 2 is 2.04 bits per heavy atom. The van der Waals surface area contributed by atoms with Crippen molar-refractivity contribution in [2.24, 2.45) is 0 Å². The Morgan fingerprint density at radius 1 is 1.21 bits per heavy atom. The fraction of sp³-hybridized carbons (Fsp3) is 0.250. The van der Waals surface area contributed by atoms with Gasteiger partial charge in [-0.1, -0.05) is 6.07 Å². The van der Waals surface area contributed by atoms with E-state index in [1.54, 1.807) is 11.3 Å². The smallest absolute Gasteiger partial charge is 0.281 e. The van der Waals surface area contributed by atoms with Crippen LogP contribution in [0.15, 0.2) is 29.6 Å². The highest BCUT2D eigenvalue weighted by molar-refractivity contribution is 7.10. The van der Waals surface area contributed by atoms with Gasteiger partial charge in [-0.2, -0.15) is 0 Å². The van der Waals surface area contributed by atoms with Gasteiger partial charge in [-0.3, -0.25) is 29.5 Å². The van der Waals surface area contributed by atoms with Crippen LogP contribution in [0.4, 0.5) is 5.69 Å². The van der Waals surface area contributed by atoms with Crippen LogP contribution in [-0.4, -0.2) is 39.8 Å². The Labute approximate surface area is 141 Å². The van der Waals surface area contributed by atoms with Gasteiger partial charge in [0.25, 0.3) is 17.5 Å². The zero-order valence-electron chi connectivity index (χ0n) is 12.6. The zero-order chi connectivity index (χ0) is 16.8. The number of amides is 2. The summed E-state index contributed by atoms with van der Waals surface area (Å²) < 4.78 is 0. The monoisotopic (exact) mass is 343 g/mol. The van der Waals surface area contributed by atoms with E-state index in [0.29, 0.717) is 6.54 Å². The van der Waals surface area contributed by atoms with Gasteiger partial charge in [0.05, 0.1) is 17.2 Å². The number of carbonyl (C=O) groups excluding carboxylic acids is 2. The van der Waals surface area contributed by atoms with E-state index >= 15 is 0 Å². The molecule has 0 spiro atoms. The second-order valence-corrected chi connectivity index (χ2v) is 6.81. The van der Waals surface area contributed by atoms with E-state index < -0.39 is 16.7 Å².